The number of rotatable bonds is 9. The lowest BCUT2D eigenvalue weighted by atomic mass is 10.1. The van der Waals surface area contributed by atoms with Gasteiger partial charge in [-0.25, -0.2) is 9.37 Å². The molecule has 0 bridgehead atoms. The van der Waals surface area contributed by atoms with Gasteiger partial charge in [-0.2, -0.15) is 5.26 Å². The molecule has 0 atom stereocenters. The molecule has 0 aliphatic heterocycles. The predicted molar refractivity (Wildman–Crippen MR) is 134 cm³/mol. The van der Waals surface area contributed by atoms with Crippen LogP contribution < -0.4 is 20.5 Å². The summed E-state index contributed by atoms with van der Waals surface area (Å²) in [6.45, 7) is 1.04. The quantitative estimate of drug-likeness (QED) is 0.209. The van der Waals surface area contributed by atoms with E-state index in [0.717, 1.165) is 6.42 Å². The fourth-order valence-electron chi connectivity index (χ4n) is 3.31. The van der Waals surface area contributed by atoms with Gasteiger partial charge in [0.05, 0.1) is 39.8 Å². The van der Waals surface area contributed by atoms with Crippen molar-refractivity contribution in [2.75, 3.05) is 18.5 Å². The van der Waals surface area contributed by atoms with Gasteiger partial charge in [-0.1, -0.05) is 29.3 Å². The van der Waals surface area contributed by atoms with Gasteiger partial charge in [0.2, 0.25) is 0 Å². The lowest BCUT2D eigenvalue weighted by molar-refractivity contribution is 0.286. The average Bonchev–Trinajstić information content (AvgIpc) is 2.85. The first kappa shape index (κ1) is 24.5. The number of halogens is 3. The third kappa shape index (κ3) is 5.89. The van der Waals surface area contributed by atoms with E-state index in [4.69, 9.17) is 38.4 Å². The zero-order valence-corrected chi connectivity index (χ0v) is 19.9. The van der Waals surface area contributed by atoms with Crippen molar-refractivity contribution in [3.05, 3.63) is 82.0 Å². The van der Waals surface area contributed by atoms with Crippen LogP contribution in [-0.2, 0) is 6.61 Å². The van der Waals surface area contributed by atoms with Crippen LogP contribution in [0.2, 0.25) is 10.2 Å². The zero-order chi connectivity index (χ0) is 24.8. The highest BCUT2D eigenvalue weighted by molar-refractivity contribution is 6.33. The Labute approximate surface area is 211 Å². The molecule has 4 aromatic rings. The van der Waals surface area contributed by atoms with Crippen LogP contribution in [0.3, 0.4) is 0 Å². The Morgan fingerprint density at radius 1 is 1.11 bits per heavy atom. The topological polar surface area (TPSA) is 106 Å². The van der Waals surface area contributed by atoms with Crippen LogP contribution in [0, 0.1) is 17.1 Å². The molecule has 0 saturated carbocycles. The van der Waals surface area contributed by atoms with Crippen molar-refractivity contribution < 1.29 is 13.9 Å². The summed E-state index contributed by atoms with van der Waals surface area (Å²) in [7, 11) is 0. The third-order valence-electron chi connectivity index (χ3n) is 5.01. The Morgan fingerprint density at radius 2 is 1.97 bits per heavy atom. The molecule has 0 aliphatic rings. The number of pyridine rings is 2. The average molecular weight is 512 g/mol. The molecular weight excluding hydrogens is 492 g/mol. The van der Waals surface area contributed by atoms with Crippen LogP contribution >= 0.6 is 23.2 Å². The van der Waals surface area contributed by atoms with E-state index in [0.29, 0.717) is 46.3 Å². The van der Waals surface area contributed by atoms with Gasteiger partial charge < -0.3 is 20.5 Å². The van der Waals surface area contributed by atoms with Crippen LogP contribution in [0.15, 0.2) is 54.7 Å². The summed E-state index contributed by atoms with van der Waals surface area (Å²) < 4.78 is 26.1. The van der Waals surface area contributed by atoms with Crippen LogP contribution in [0.1, 0.15) is 17.7 Å². The first-order chi connectivity index (χ1) is 17.0. The molecule has 2 aromatic carbocycles. The molecule has 0 aliphatic carbocycles. The Kier molecular flexibility index (Phi) is 7.83. The van der Waals surface area contributed by atoms with E-state index in [2.05, 4.69) is 21.4 Å². The van der Waals surface area contributed by atoms with Gasteiger partial charge in [0.1, 0.15) is 23.6 Å². The number of fused-ring (bicyclic) bond motifs is 1. The van der Waals surface area contributed by atoms with E-state index in [1.54, 1.807) is 36.4 Å². The van der Waals surface area contributed by atoms with Crippen LogP contribution in [0.25, 0.3) is 10.9 Å². The van der Waals surface area contributed by atoms with E-state index >= 15 is 0 Å². The molecule has 7 nitrogen and oxygen atoms in total. The van der Waals surface area contributed by atoms with Gasteiger partial charge in [-0.15, -0.1) is 0 Å². The van der Waals surface area contributed by atoms with Crippen molar-refractivity contribution in [1.29, 1.82) is 5.26 Å². The number of anilines is 2. The minimum absolute atomic E-state index is 0.0177. The summed E-state index contributed by atoms with van der Waals surface area (Å²) in [5.41, 5.74) is 7.64. The standard InChI is InChI=1S/C25H20Cl2FN5O2/c26-19-10-23(35-14-16-3-1-4-24(27)32-16)20(28)11-22(19)33-25-15(12-30)13-31-21-9-17(5-6-18(21)25)34-8-2-7-29/h1,3-6,9-11,13H,2,7-8,14,29H2,(H,31,33). The highest BCUT2D eigenvalue weighted by Gasteiger charge is 2.15. The minimum atomic E-state index is -0.633. The zero-order valence-electron chi connectivity index (χ0n) is 18.4. The number of hydrogen-bond acceptors (Lipinski definition) is 7. The van der Waals surface area contributed by atoms with Crippen molar-refractivity contribution in [1.82, 2.24) is 9.97 Å². The van der Waals surface area contributed by atoms with Crippen molar-refractivity contribution in [3.63, 3.8) is 0 Å². The maximum atomic E-state index is 14.8. The molecule has 0 unspecified atom stereocenters. The number of ether oxygens (including phenoxy) is 2. The first-order valence-corrected chi connectivity index (χ1v) is 11.4. The SMILES string of the molecule is N#Cc1cnc2cc(OCCCN)ccc2c1Nc1cc(F)c(OCc2cccc(Cl)n2)cc1Cl. The number of benzene rings is 2. The number of nitrogens with two attached hydrogens (primary N) is 1. The second-order valence-electron chi connectivity index (χ2n) is 7.46. The molecule has 4 rings (SSSR count). The molecule has 0 amide bonds. The Morgan fingerprint density at radius 3 is 2.74 bits per heavy atom. The number of aromatic nitrogens is 2. The van der Waals surface area contributed by atoms with E-state index < -0.39 is 5.82 Å². The summed E-state index contributed by atoms with van der Waals surface area (Å²) in [4.78, 5) is 8.46. The van der Waals surface area contributed by atoms with Gasteiger partial charge >= 0.3 is 0 Å². The Hall–Kier alpha value is -3.64. The van der Waals surface area contributed by atoms with E-state index in [-0.39, 0.29) is 28.6 Å². The Bertz CT molecular complexity index is 1410. The summed E-state index contributed by atoms with van der Waals surface area (Å²) in [5, 5.41) is 13.9. The number of hydrogen-bond donors (Lipinski definition) is 2. The summed E-state index contributed by atoms with van der Waals surface area (Å²) in [6, 6.07) is 15.1. The van der Waals surface area contributed by atoms with Gasteiger partial charge in [0.15, 0.2) is 11.6 Å². The molecule has 0 fully saturated rings. The highest BCUT2D eigenvalue weighted by Crippen LogP contribution is 2.36. The van der Waals surface area contributed by atoms with Crippen LogP contribution in [0.5, 0.6) is 11.5 Å². The van der Waals surface area contributed by atoms with Gasteiger partial charge in [0.25, 0.3) is 0 Å². The molecule has 10 heteroatoms. The number of nitriles is 1. The summed E-state index contributed by atoms with van der Waals surface area (Å²) >= 11 is 12.3. The normalized spacial score (nSPS) is 10.7. The summed E-state index contributed by atoms with van der Waals surface area (Å²) in [6.07, 6.45) is 2.17. The van der Waals surface area contributed by atoms with Gasteiger partial charge in [0, 0.05) is 29.8 Å². The molecule has 2 aromatic heterocycles. The molecule has 0 saturated heterocycles. The van der Waals surface area contributed by atoms with Crippen LogP contribution in [-0.4, -0.2) is 23.1 Å². The largest absolute Gasteiger partial charge is 0.493 e. The first-order valence-electron chi connectivity index (χ1n) is 10.6. The third-order valence-corrected chi connectivity index (χ3v) is 5.53. The van der Waals surface area contributed by atoms with Gasteiger partial charge in [-0.05, 0) is 37.2 Å². The van der Waals surface area contributed by atoms with Gasteiger partial charge in [-0.3, -0.25) is 4.98 Å². The molecule has 35 heavy (non-hydrogen) atoms. The molecule has 0 spiro atoms. The van der Waals surface area contributed by atoms with E-state index in [9.17, 15) is 9.65 Å². The maximum Gasteiger partial charge on any atom is 0.167 e. The highest BCUT2D eigenvalue weighted by atomic mass is 35.5. The molecule has 0 radical (unpaired) electrons. The van der Waals surface area contributed by atoms with Crippen molar-refractivity contribution in [2.24, 2.45) is 5.73 Å². The molecular formula is C25H20Cl2FN5O2. The second kappa shape index (κ2) is 11.2. The smallest absolute Gasteiger partial charge is 0.167 e. The maximum absolute atomic E-state index is 14.8. The lowest BCUT2D eigenvalue weighted by Gasteiger charge is -2.15. The predicted octanol–water partition coefficient (Wildman–Crippen LogP) is 6.00. The lowest BCUT2D eigenvalue weighted by Crippen LogP contribution is -2.06. The van der Waals surface area contributed by atoms with E-state index in [1.807, 2.05) is 0 Å². The van der Waals surface area contributed by atoms with Crippen molar-refractivity contribution in [3.8, 4) is 17.6 Å². The minimum Gasteiger partial charge on any atom is -0.493 e. The summed E-state index contributed by atoms with van der Waals surface area (Å²) in [5.74, 6) is -0.0399. The fraction of sp³-hybridized carbons (Fsp3) is 0.160. The number of nitrogens with zero attached hydrogens (tertiary/aromatic N) is 3. The monoisotopic (exact) mass is 511 g/mol. The van der Waals surface area contributed by atoms with Crippen molar-refractivity contribution in [2.45, 2.75) is 13.0 Å². The van der Waals surface area contributed by atoms with Crippen LogP contribution in [0.4, 0.5) is 15.8 Å². The second-order valence-corrected chi connectivity index (χ2v) is 8.25. The fourth-order valence-corrected chi connectivity index (χ4v) is 3.69. The molecule has 2 heterocycles. The molecule has 178 valence electrons. The Balaban J connectivity index is 1.60. The number of nitrogens with one attached hydrogen (secondary N) is 1. The van der Waals surface area contributed by atoms with E-state index in [1.165, 1.54) is 18.3 Å². The van der Waals surface area contributed by atoms with Crippen molar-refractivity contribution >= 4 is 45.5 Å². The molecule has 3 N–H and O–H groups in total.